The standard InChI is InChI=1S/C23H25N3O5/c1-15-22(16(2)26(25-15)13-17-8-6-5-7-9-17)23(28)31-14-21(27)24-19-11-10-18(29-3)12-20(19)30-4/h5-12H,13-14H2,1-4H3,(H,24,27). The summed E-state index contributed by atoms with van der Waals surface area (Å²) in [7, 11) is 3.03. The van der Waals surface area contributed by atoms with Crippen LogP contribution in [-0.2, 0) is 16.1 Å². The van der Waals surface area contributed by atoms with Gasteiger partial charge in [0.05, 0.1) is 37.8 Å². The maximum Gasteiger partial charge on any atom is 0.342 e. The number of nitrogens with zero attached hydrogens (tertiary/aromatic N) is 2. The van der Waals surface area contributed by atoms with E-state index >= 15 is 0 Å². The third kappa shape index (κ3) is 5.22. The summed E-state index contributed by atoms with van der Waals surface area (Å²) in [6.07, 6.45) is 0. The summed E-state index contributed by atoms with van der Waals surface area (Å²) in [5, 5.41) is 7.12. The monoisotopic (exact) mass is 423 g/mol. The Morgan fingerprint density at radius 2 is 1.77 bits per heavy atom. The molecule has 31 heavy (non-hydrogen) atoms. The van der Waals surface area contributed by atoms with Crippen LogP contribution in [0.4, 0.5) is 5.69 Å². The first kappa shape index (κ1) is 21.9. The summed E-state index contributed by atoms with van der Waals surface area (Å²) in [6.45, 7) is 3.66. The predicted octanol–water partition coefficient (Wildman–Crippen LogP) is 3.36. The third-order valence-corrected chi connectivity index (χ3v) is 4.78. The molecule has 0 spiro atoms. The predicted molar refractivity (Wildman–Crippen MR) is 116 cm³/mol. The molecule has 0 fully saturated rings. The van der Waals surface area contributed by atoms with Gasteiger partial charge in [0.15, 0.2) is 6.61 Å². The maximum atomic E-state index is 12.6. The van der Waals surface area contributed by atoms with Crippen molar-refractivity contribution < 1.29 is 23.8 Å². The highest BCUT2D eigenvalue weighted by Crippen LogP contribution is 2.29. The molecule has 1 amide bonds. The quantitative estimate of drug-likeness (QED) is 0.559. The molecule has 0 bridgehead atoms. The zero-order valence-electron chi connectivity index (χ0n) is 18.0. The van der Waals surface area contributed by atoms with E-state index in [2.05, 4.69) is 10.4 Å². The molecule has 0 saturated heterocycles. The van der Waals surface area contributed by atoms with Crippen molar-refractivity contribution in [3.63, 3.8) is 0 Å². The minimum absolute atomic E-state index is 0.366. The van der Waals surface area contributed by atoms with Gasteiger partial charge in [-0.25, -0.2) is 4.79 Å². The molecule has 3 rings (SSSR count). The number of esters is 1. The van der Waals surface area contributed by atoms with Crippen molar-refractivity contribution in [2.24, 2.45) is 0 Å². The van der Waals surface area contributed by atoms with Crippen molar-refractivity contribution in [2.45, 2.75) is 20.4 Å². The van der Waals surface area contributed by atoms with Crippen LogP contribution in [0.3, 0.4) is 0 Å². The number of aryl methyl sites for hydroxylation is 1. The van der Waals surface area contributed by atoms with E-state index in [-0.39, 0.29) is 0 Å². The van der Waals surface area contributed by atoms with Crippen LogP contribution in [0.5, 0.6) is 11.5 Å². The van der Waals surface area contributed by atoms with Gasteiger partial charge in [-0.3, -0.25) is 9.48 Å². The number of benzene rings is 2. The summed E-state index contributed by atoms with van der Waals surface area (Å²) in [4.78, 5) is 24.9. The molecule has 1 N–H and O–H groups in total. The maximum absolute atomic E-state index is 12.6. The van der Waals surface area contributed by atoms with Crippen LogP contribution in [0, 0.1) is 13.8 Å². The second-order valence-corrected chi connectivity index (χ2v) is 6.88. The average Bonchev–Trinajstić information content (AvgIpc) is 3.05. The number of methoxy groups -OCH3 is 2. The molecule has 0 unspecified atom stereocenters. The molecule has 0 aliphatic carbocycles. The number of amides is 1. The second kappa shape index (κ2) is 9.80. The normalized spacial score (nSPS) is 10.5. The van der Waals surface area contributed by atoms with E-state index in [4.69, 9.17) is 14.2 Å². The first-order valence-corrected chi connectivity index (χ1v) is 9.70. The molecule has 1 aromatic heterocycles. The van der Waals surface area contributed by atoms with Crippen LogP contribution in [0.25, 0.3) is 0 Å². The van der Waals surface area contributed by atoms with Gasteiger partial charge in [-0.2, -0.15) is 5.10 Å². The van der Waals surface area contributed by atoms with Gasteiger partial charge in [-0.05, 0) is 31.5 Å². The highest BCUT2D eigenvalue weighted by Gasteiger charge is 2.21. The van der Waals surface area contributed by atoms with E-state index in [1.54, 1.807) is 36.9 Å². The third-order valence-electron chi connectivity index (χ3n) is 4.78. The van der Waals surface area contributed by atoms with Crippen LogP contribution in [0.15, 0.2) is 48.5 Å². The number of hydrogen-bond acceptors (Lipinski definition) is 6. The van der Waals surface area contributed by atoms with E-state index in [1.807, 2.05) is 37.3 Å². The Bertz CT molecular complexity index is 1080. The molecule has 0 aliphatic rings. The van der Waals surface area contributed by atoms with Crippen molar-refractivity contribution in [2.75, 3.05) is 26.1 Å². The van der Waals surface area contributed by atoms with Crippen LogP contribution in [-0.4, -0.2) is 42.5 Å². The Hall–Kier alpha value is -3.81. The molecule has 0 saturated carbocycles. The van der Waals surface area contributed by atoms with Gasteiger partial charge in [0.25, 0.3) is 5.91 Å². The molecule has 8 nitrogen and oxygen atoms in total. The van der Waals surface area contributed by atoms with Gasteiger partial charge in [0.1, 0.15) is 17.1 Å². The van der Waals surface area contributed by atoms with Crippen LogP contribution >= 0.6 is 0 Å². The Morgan fingerprint density at radius 1 is 1.03 bits per heavy atom. The fourth-order valence-corrected chi connectivity index (χ4v) is 3.19. The molecular formula is C23H25N3O5. The molecule has 0 radical (unpaired) electrons. The van der Waals surface area contributed by atoms with E-state index in [0.717, 1.165) is 5.56 Å². The van der Waals surface area contributed by atoms with Gasteiger partial charge in [-0.15, -0.1) is 0 Å². The molecule has 0 atom stereocenters. The number of anilines is 1. The van der Waals surface area contributed by atoms with Crippen molar-refractivity contribution in [3.05, 3.63) is 71.0 Å². The largest absolute Gasteiger partial charge is 0.497 e. The zero-order valence-corrected chi connectivity index (χ0v) is 18.0. The van der Waals surface area contributed by atoms with Crippen molar-refractivity contribution in [1.29, 1.82) is 0 Å². The minimum atomic E-state index is -0.592. The fraction of sp³-hybridized carbons (Fsp3) is 0.261. The first-order chi connectivity index (χ1) is 14.9. The lowest BCUT2D eigenvalue weighted by atomic mass is 10.2. The van der Waals surface area contributed by atoms with E-state index in [1.165, 1.54) is 7.11 Å². The first-order valence-electron chi connectivity index (χ1n) is 9.70. The lowest BCUT2D eigenvalue weighted by Crippen LogP contribution is -2.21. The highest BCUT2D eigenvalue weighted by molar-refractivity contribution is 5.97. The van der Waals surface area contributed by atoms with Gasteiger partial charge in [0, 0.05) is 6.07 Å². The van der Waals surface area contributed by atoms with E-state index in [0.29, 0.717) is 40.7 Å². The van der Waals surface area contributed by atoms with Gasteiger partial charge in [0.2, 0.25) is 0 Å². The number of rotatable bonds is 8. The molecular weight excluding hydrogens is 398 g/mol. The SMILES string of the molecule is COc1ccc(NC(=O)COC(=O)c2c(C)nn(Cc3ccccc3)c2C)c(OC)c1. The van der Waals surface area contributed by atoms with Crippen LogP contribution in [0.2, 0.25) is 0 Å². The molecule has 3 aromatic rings. The number of aromatic nitrogens is 2. The second-order valence-electron chi connectivity index (χ2n) is 6.88. The molecule has 2 aromatic carbocycles. The average molecular weight is 423 g/mol. The molecule has 0 aliphatic heterocycles. The Morgan fingerprint density at radius 3 is 2.45 bits per heavy atom. The topological polar surface area (TPSA) is 91.7 Å². The van der Waals surface area contributed by atoms with Crippen molar-refractivity contribution in [3.8, 4) is 11.5 Å². The smallest absolute Gasteiger partial charge is 0.342 e. The summed E-state index contributed by atoms with van der Waals surface area (Å²) in [5.74, 6) is -0.0393. The zero-order chi connectivity index (χ0) is 22.4. The van der Waals surface area contributed by atoms with Gasteiger partial charge < -0.3 is 19.5 Å². The summed E-state index contributed by atoms with van der Waals surface area (Å²) in [5.41, 5.74) is 3.12. The molecule has 8 heteroatoms. The van der Waals surface area contributed by atoms with Crippen molar-refractivity contribution >= 4 is 17.6 Å². The Labute approximate surface area is 180 Å². The summed E-state index contributed by atoms with van der Waals surface area (Å²) in [6, 6.07) is 14.8. The van der Waals surface area contributed by atoms with E-state index < -0.39 is 18.5 Å². The Kier molecular flexibility index (Phi) is 6.92. The number of carbonyl (C=O) groups is 2. The number of carbonyl (C=O) groups excluding carboxylic acids is 2. The lowest BCUT2D eigenvalue weighted by Gasteiger charge is -2.12. The fourth-order valence-electron chi connectivity index (χ4n) is 3.19. The van der Waals surface area contributed by atoms with Crippen LogP contribution < -0.4 is 14.8 Å². The number of hydrogen-bond donors (Lipinski definition) is 1. The summed E-state index contributed by atoms with van der Waals surface area (Å²) < 4.78 is 17.4. The Balaban J connectivity index is 1.64. The number of nitrogens with one attached hydrogen (secondary N) is 1. The van der Waals surface area contributed by atoms with Crippen molar-refractivity contribution in [1.82, 2.24) is 9.78 Å². The lowest BCUT2D eigenvalue weighted by molar-refractivity contribution is -0.119. The minimum Gasteiger partial charge on any atom is -0.497 e. The number of ether oxygens (including phenoxy) is 3. The van der Waals surface area contributed by atoms with E-state index in [9.17, 15) is 9.59 Å². The van der Waals surface area contributed by atoms with Gasteiger partial charge in [-0.1, -0.05) is 30.3 Å². The molecule has 162 valence electrons. The van der Waals surface area contributed by atoms with Crippen LogP contribution in [0.1, 0.15) is 27.3 Å². The summed E-state index contributed by atoms with van der Waals surface area (Å²) >= 11 is 0. The van der Waals surface area contributed by atoms with Gasteiger partial charge >= 0.3 is 5.97 Å². The molecule has 1 heterocycles. The highest BCUT2D eigenvalue weighted by atomic mass is 16.5.